The van der Waals surface area contributed by atoms with Crippen molar-refractivity contribution in [1.29, 1.82) is 0 Å². The Morgan fingerprint density at radius 3 is 2.88 bits per heavy atom. The first-order chi connectivity index (χ1) is 8.36. The van der Waals surface area contributed by atoms with Gasteiger partial charge in [0.1, 0.15) is 5.82 Å². The Hall–Kier alpha value is -2.03. The lowest BCUT2D eigenvalue weighted by Crippen LogP contribution is -2.23. The Bertz CT molecular complexity index is 512. The third kappa shape index (κ3) is 1.84. The molecule has 0 fully saturated rings. The van der Waals surface area contributed by atoms with Crippen molar-refractivity contribution in [3.8, 4) is 0 Å². The van der Waals surface area contributed by atoms with Gasteiger partial charge in [0.15, 0.2) is 0 Å². The van der Waals surface area contributed by atoms with Crippen LogP contribution in [0.3, 0.4) is 0 Å². The summed E-state index contributed by atoms with van der Waals surface area (Å²) in [5.74, 6) is 1.02. The largest absolute Gasteiger partial charge is 0.357 e. The molecule has 0 spiro atoms. The van der Waals surface area contributed by atoms with Gasteiger partial charge in [0.25, 0.3) is 0 Å². The van der Waals surface area contributed by atoms with Gasteiger partial charge in [0.05, 0.1) is 12.2 Å². The molecule has 0 radical (unpaired) electrons. The lowest BCUT2D eigenvalue weighted by Gasteiger charge is -2.21. The number of rotatable bonds is 2. The topological polar surface area (TPSA) is 27.6 Å². The quantitative estimate of drug-likeness (QED) is 0.837. The summed E-state index contributed by atoms with van der Waals surface area (Å²) in [7, 11) is 0. The number of nitrogens with zero attached hydrogens (tertiary/aromatic N) is 2. The maximum atomic E-state index is 4.55. The minimum absolute atomic E-state index is 0.917. The van der Waals surface area contributed by atoms with E-state index in [-0.39, 0.29) is 0 Å². The number of nitrogens with one attached hydrogen (secondary N) is 1. The van der Waals surface area contributed by atoms with Crippen LogP contribution in [0.4, 0.5) is 0 Å². The highest BCUT2D eigenvalue weighted by Gasteiger charge is 2.21. The van der Waals surface area contributed by atoms with Crippen molar-refractivity contribution in [2.75, 3.05) is 6.54 Å². The smallest absolute Gasteiger partial charge is 0.149 e. The van der Waals surface area contributed by atoms with Crippen LogP contribution < -0.4 is 5.32 Å². The van der Waals surface area contributed by atoms with Crippen molar-refractivity contribution in [1.82, 2.24) is 10.2 Å². The molecular formula is C14H15N3. The summed E-state index contributed by atoms with van der Waals surface area (Å²) in [6.07, 6.45) is 5.13. The lowest BCUT2D eigenvalue weighted by molar-refractivity contribution is 0.537. The number of fused-ring (bicyclic) bond motifs is 1. The van der Waals surface area contributed by atoms with Crippen LogP contribution in [0.25, 0.3) is 5.70 Å². The van der Waals surface area contributed by atoms with Crippen LogP contribution in [0.2, 0.25) is 0 Å². The molecule has 0 aromatic heterocycles. The second kappa shape index (κ2) is 4.09. The van der Waals surface area contributed by atoms with Crippen molar-refractivity contribution < 1.29 is 0 Å². The molecule has 3 nitrogen and oxygen atoms in total. The summed E-state index contributed by atoms with van der Waals surface area (Å²) in [5.41, 5.74) is 3.57. The predicted octanol–water partition coefficient (Wildman–Crippen LogP) is 2.55. The van der Waals surface area contributed by atoms with Crippen LogP contribution in [0.1, 0.15) is 18.9 Å². The molecule has 86 valence electrons. The van der Waals surface area contributed by atoms with Gasteiger partial charge in [0.2, 0.25) is 0 Å². The molecule has 2 heterocycles. The maximum Gasteiger partial charge on any atom is 0.149 e. The van der Waals surface area contributed by atoms with E-state index in [0.29, 0.717) is 0 Å². The molecule has 0 atom stereocenters. The van der Waals surface area contributed by atoms with Gasteiger partial charge < -0.3 is 10.2 Å². The highest BCUT2D eigenvalue weighted by molar-refractivity contribution is 5.89. The molecule has 2 aliphatic heterocycles. The van der Waals surface area contributed by atoms with Gasteiger partial charge in [-0.25, -0.2) is 4.99 Å². The van der Waals surface area contributed by atoms with E-state index in [0.717, 1.165) is 24.5 Å². The summed E-state index contributed by atoms with van der Waals surface area (Å²) < 4.78 is 0. The Kier molecular flexibility index (Phi) is 2.44. The summed E-state index contributed by atoms with van der Waals surface area (Å²) >= 11 is 0. The van der Waals surface area contributed by atoms with Crippen LogP contribution in [0.15, 0.2) is 53.5 Å². The molecule has 0 amide bonds. The van der Waals surface area contributed by atoms with E-state index in [9.17, 15) is 0 Å². The summed E-state index contributed by atoms with van der Waals surface area (Å²) in [5, 5.41) is 3.30. The van der Waals surface area contributed by atoms with Gasteiger partial charge in [-0.2, -0.15) is 0 Å². The van der Waals surface area contributed by atoms with Crippen molar-refractivity contribution in [3.63, 3.8) is 0 Å². The average Bonchev–Trinajstić information content (AvgIpc) is 2.81. The summed E-state index contributed by atoms with van der Waals surface area (Å²) in [6.45, 7) is 3.06. The Morgan fingerprint density at radius 2 is 2.12 bits per heavy atom. The number of aliphatic imine (C=N–C) groups is 1. The molecule has 1 N–H and O–H groups in total. The van der Waals surface area contributed by atoms with E-state index >= 15 is 0 Å². The van der Waals surface area contributed by atoms with Crippen LogP contribution in [-0.2, 0) is 0 Å². The van der Waals surface area contributed by atoms with Gasteiger partial charge >= 0.3 is 0 Å². The average molecular weight is 225 g/mol. The zero-order valence-electron chi connectivity index (χ0n) is 9.85. The first kappa shape index (κ1) is 10.1. The molecule has 0 saturated carbocycles. The highest BCUT2D eigenvalue weighted by atomic mass is 15.3. The first-order valence-electron chi connectivity index (χ1n) is 5.94. The third-order valence-electron chi connectivity index (χ3n) is 3.05. The second-order valence-electron chi connectivity index (χ2n) is 4.22. The lowest BCUT2D eigenvalue weighted by atomic mass is 10.1. The first-order valence-corrected chi connectivity index (χ1v) is 5.94. The molecule has 1 aromatic rings. The van der Waals surface area contributed by atoms with Crippen LogP contribution in [0, 0.1) is 0 Å². The van der Waals surface area contributed by atoms with Crippen LogP contribution in [0.5, 0.6) is 0 Å². The van der Waals surface area contributed by atoms with Gasteiger partial charge in [-0.05, 0) is 12.0 Å². The van der Waals surface area contributed by atoms with Gasteiger partial charge in [-0.15, -0.1) is 0 Å². The van der Waals surface area contributed by atoms with Crippen molar-refractivity contribution in [2.24, 2.45) is 4.99 Å². The van der Waals surface area contributed by atoms with Crippen molar-refractivity contribution >= 4 is 11.4 Å². The number of hydrogen-bond donors (Lipinski definition) is 1. The number of hydrogen-bond acceptors (Lipinski definition) is 3. The zero-order valence-corrected chi connectivity index (χ0v) is 9.85. The second-order valence-corrected chi connectivity index (χ2v) is 4.22. The SMILES string of the molecule is CCC1=NC2=CNC(c3ccccc3)=CN2C1. The van der Waals surface area contributed by atoms with E-state index in [1.165, 1.54) is 11.3 Å². The Balaban J connectivity index is 1.86. The minimum atomic E-state index is 0.917. The molecule has 3 heteroatoms. The third-order valence-corrected chi connectivity index (χ3v) is 3.05. The molecule has 0 bridgehead atoms. The zero-order chi connectivity index (χ0) is 11.7. The van der Waals surface area contributed by atoms with Gasteiger partial charge in [-0.1, -0.05) is 37.3 Å². The van der Waals surface area contributed by atoms with E-state index < -0.39 is 0 Å². The predicted molar refractivity (Wildman–Crippen MR) is 70.1 cm³/mol. The molecule has 3 rings (SSSR count). The highest BCUT2D eigenvalue weighted by Crippen LogP contribution is 2.23. The Labute approximate surface area is 101 Å². The molecular weight excluding hydrogens is 210 g/mol. The summed E-state index contributed by atoms with van der Waals surface area (Å²) in [4.78, 5) is 6.75. The van der Waals surface area contributed by atoms with Crippen molar-refractivity contribution in [2.45, 2.75) is 13.3 Å². The number of benzene rings is 1. The molecule has 1 aromatic carbocycles. The van der Waals surface area contributed by atoms with Crippen molar-refractivity contribution in [3.05, 3.63) is 54.1 Å². The summed E-state index contributed by atoms with van der Waals surface area (Å²) in [6, 6.07) is 10.3. The van der Waals surface area contributed by atoms with E-state index in [4.69, 9.17) is 0 Å². The fraction of sp³-hybridized carbons (Fsp3) is 0.214. The fourth-order valence-corrected chi connectivity index (χ4v) is 2.07. The minimum Gasteiger partial charge on any atom is -0.357 e. The van der Waals surface area contributed by atoms with Crippen LogP contribution >= 0.6 is 0 Å². The van der Waals surface area contributed by atoms with E-state index in [1.807, 2.05) is 12.3 Å². The fourth-order valence-electron chi connectivity index (χ4n) is 2.07. The Morgan fingerprint density at radius 1 is 1.29 bits per heavy atom. The molecule has 17 heavy (non-hydrogen) atoms. The molecule has 0 unspecified atom stereocenters. The van der Waals surface area contributed by atoms with Crippen LogP contribution in [-0.4, -0.2) is 17.2 Å². The molecule has 2 aliphatic rings. The molecule has 0 aliphatic carbocycles. The normalized spacial score (nSPS) is 17.9. The van der Waals surface area contributed by atoms with Gasteiger partial charge in [0, 0.05) is 18.1 Å². The monoisotopic (exact) mass is 225 g/mol. The van der Waals surface area contributed by atoms with E-state index in [1.54, 1.807) is 0 Å². The molecule has 0 saturated heterocycles. The standard InChI is InChI=1S/C14H15N3/c1-2-12-9-17-10-13(15-8-14(17)16-12)11-6-4-3-5-7-11/h3-8,10,15H,2,9H2,1H3. The van der Waals surface area contributed by atoms with Gasteiger partial charge in [-0.3, -0.25) is 0 Å². The maximum absolute atomic E-state index is 4.55. The van der Waals surface area contributed by atoms with E-state index in [2.05, 4.69) is 52.6 Å².